The number of carbonyl (C=O) groups excluding carboxylic acids is 2. The number of anilines is 2. The first-order valence-electron chi connectivity index (χ1n) is 6.38. The minimum absolute atomic E-state index is 0.0790. The number of amides is 2. The number of nitrogens with one attached hydrogen (secondary N) is 1. The zero-order chi connectivity index (χ0) is 12.7. The van der Waals surface area contributed by atoms with Gasteiger partial charge in [-0.2, -0.15) is 0 Å². The lowest BCUT2D eigenvalue weighted by Crippen LogP contribution is -2.42. The van der Waals surface area contributed by atoms with Crippen molar-refractivity contribution in [2.75, 3.05) is 16.8 Å². The molecule has 2 aliphatic rings. The number of benzene rings is 1. The Bertz CT molecular complexity index is 507. The molecule has 2 aliphatic heterocycles. The topological polar surface area (TPSA) is 49.4 Å². The summed E-state index contributed by atoms with van der Waals surface area (Å²) in [5, 5.41) is 3.27. The quantitative estimate of drug-likeness (QED) is 0.768. The van der Waals surface area contributed by atoms with Crippen LogP contribution in [0.25, 0.3) is 0 Å². The maximum atomic E-state index is 12.0. The summed E-state index contributed by atoms with van der Waals surface area (Å²) >= 11 is 0. The van der Waals surface area contributed by atoms with Gasteiger partial charge in [-0.25, -0.2) is 0 Å². The minimum atomic E-state index is -0.0790. The summed E-state index contributed by atoms with van der Waals surface area (Å²) < 4.78 is 0. The van der Waals surface area contributed by atoms with E-state index in [1.807, 2.05) is 25.1 Å². The molecular weight excluding hydrogens is 228 g/mol. The van der Waals surface area contributed by atoms with E-state index in [9.17, 15) is 9.59 Å². The van der Waals surface area contributed by atoms with Gasteiger partial charge in [-0.3, -0.25) is 14.5 Å². The normalized spacial score (nSPS) is 19.9. The Morgan fingerprint density at radius 2 is 1.94 bits per heavy atom. The van der Waals surface area contributed by atoms with E-state index in [2.05, 4.69) is 5.32 Å². The van der Waals surface area contributed by atoms with Crippen LogP contribution in [-0.2, 0) is 16.0 Å². The van der Waals surface area contributed by atoms with Crippen molar-refractivity contribution in [3.63, 3.8) is 0 Å². The molecule has 1 aromatic carbocycles. The van der Waals surface area contributed by atoms with E-state index in [0.29, 0.717) is 12.8 Å². The second kappa shape index (κ2) is 4.12. The Morgan fingerprint density at radius 3 is 2.67 bits per heavy atom. The Balaban J connectivity index is 1.94. The highest BCUT2D eigenvalue weighted by molar-refractivity contribution is 6.16. The van der Waals surface area contributed by atoms with Gasteiger partial charge in [0.05, 0.1) is 5.69 Å². The van der Waals surface area contributed by atoms with Crippen molar-refractivity contribution in [3.8, 4) is 0 Å². The van der Waals surface area contributed by atoms with Gasteiger partial charge in [0.2, 0.25) is 11.8 Å². The smallest absolute Gasteiger partial charge is 0.234 e. The second-order valence-electron chi connectivity index (χ2n) is 5.15. The predicted octanol–water partition coefficient (Wildman–Crippen LogP) is 1.94. The largest absolute Gasteiger partial charge is 0.384 e. The Morgan fingerprint density at radius 1 is 1.22 bits per heavy atom. The number of hydrogen-bond donors (Lipinski definition) is 1. The standard InChI is InChI=1S/C14H16N2O2/c1-9-6-13(17)16(14(18)7-9)11-2-3-12-10(8-11)4-5-15-12/h2-3,8-9,15H,4-7H2,1H3. The summed E-state index contributed by atoms with van der Waals surface area (Å²) in [7, 11) is 0. The van der Waals surface area contributed by atoms with E-state index >= 15 is 0 Å². The monoisotopic (exact) mass is 244 g/mol. The second-order valence-corrected chi connectivity index (χ2v) is 5.15. The third kappa shape index (κ3) is 1.78. The van der Waals surface area contributed by atoms with Crippen molar-refractivity contribution in [2.24, 2.45) is 5.92 Å². The van der Waals surface area contributed by atoms with Crippen LogP contribution in [0.1, 0.15) is 25.3 Å². The van der Waals surface area contributed by atoms with E-state index in [1.54, 1.807) is 0 Å². The summed E-state index contributed by atoms with van der Waals surface area (Å²) in [5.41, 5.74) is 3.02. The number of imide groups is 1. The highest BCUT2D eigenvalue weighted by Gasteiger charge is 2.31. The SMILES string of the molecule is CC1CC(=O)N(c2ccc3c(c2)CCN3)C(=O)C1. The van der Waals surface area contributed by atoms with E-state index in [-0.39, 0.29) is 17.7 Å². The average Bonchev–Trinajstić information content (AvgIpc) is 2.74. The summed E-state index contributed by atoms with van der Waals surface area (Å²) in [5.74, 6) is 0.00616. The summed E-state index contributed by atoms with van der Waals surface area (Å²) in [6.07, 6.45) is 1.87. The fourth-order valence-electron chi connectivity index (χ4n) is 2.71. The highest BCUT2D eigenvalue weighted by atomic mass is 16.2. The molecule has 2 amide bonds. The highest BCUT2D eigenvalue weighted by Crippen LogP contribution is 2.30. The molecule has 1 aromatic rings. The molecule has 0 radical (unpaired) electrons. The fraction of sp³-hybridized carbons (Fsp3) is 0.429. The first-order valence-corrected chi connectivity index (χ1v) is 6.38. The Labute approximate surface area is 106 Å². The van der Waals surface area contributed by atoms with E-state index < -0.39 is 0 Å². The number of rotatable bonds is 1. The van der Waals surface area contributed by atoms with Crippen LogP contribution in [0.3, 0.4) is 0 Å². The molecule has 3 rings (SSSR count). The molecule has 18 heavy (non-hydrogen) atoms. The van der Waals surface area contributed by atoms with Gasteiger partial charge in [-0.05, 0) is 36.1 Å². The van der Waals surface area contributed by atoms with Gasteiger partial charge in [0, 0.05) is 25.1 Å². The molecule has 0 aromatic heterocycles. The number of fused-ring (bicyclic) bond motifs is 1. The summed E-state index contributed by atoms with van der Waals surface area (Å²) in [4.78, 5) is 25.4. The minimum Gasteiger partial charge on any atom is -0.384 e. The lowest BCUT2D eigenvalue weighted by molar-refractivity contribution is -0.130. The van der Waals surface area contributed by atoms with Crippen molar-refractivity contribution in [1.82, 2.24) is 0 Å². The lowest BCUT2D eigenvalue weighted by Gasteiger charge is -2.28. The van der Waals surface area contributed by atoms with Gasteiger partial charge in [0.15, 0.2) is 0 Å². The molecule has 0 aliphatic carbocycles. The first-order chi connectivity index (χ1) is 8.65. The average molecular weight is 244 g/mol. The van der Waals surface area contributed by atoms with Crippen LogP contribution in [0.5, 0.6) is 0 Å². The van der Waals surface area contributed by atoms with Crippen LogP contribution < -0.4 is 10.2 Å². The zero-order valence-electron chi connectivity index (χ0n) is 10.4. The van der Waals surface area contributed by atoms with Gasteiger partial charge in [0.25, 0.3) is 0 Å². The molecule has 2 heterocycles. The molecule has 1 N–H and O–H groups in total. The molecule has 0 bridgehead atoms. The van der Waals surface area contributed by atoms with Gasteiger partial charge in [-0.15, -0.1) is 0 Å². The molecule has 0 unspecified atom stereocenters. The van der Waals surface area contributed by atoms with Gasteiger partial charge in [0.1, 0.15) is 0 Å². The van der Waals surface area contributed by atoms with E-state index in [1.165, 1.54) is 10.5 Å². The molecule has 4 nitrogen and oxygen atoms in total. The van der Waals surface area contributed by atoms with Crippen LogP contribution in [0.4, 0.5) is 11.4 Å². The van der Waals surface area contributed by atoms with Crippen LogP contribution in [0.15, 0.2) is 18.2 Å². The van der Waals surface area contributed by atoms with Gasteiger partial charge >= 0.3 is 0 Å². The molecular formula is C14H16N2O2. The predicted molar refractivity (Wildman–Crippen MR) is 69.5 cm³/mol. The van der Waals surface area contributed by atoms with E-state index in [0.717, 1.165) is 24.3 Å². The van der Waals surface area contributed by atoms with Crippen molar-refractivity contribution < 1.29 is 9.59 Å². The maximum Gasteiger partial charge on any atom is 0.234 e. The van der Waals surface area contributed by atoms with E-state index in [4.69, 9.17) is 0 Å². The third-order valence-corrected chi connectivity index (χ3v) is 3.60. The fourth-order valence-corrected chi connectivity index (χ4v) is 2.71. The molecule has 0 spiro atoms. The van der Waals surface area contributed by atoms with Crippen LogP contribution in [-0.4, -0.2) is 18.4 Å². The molecule has 0 atom stereocenters. The Kier molecular flexibility index (Phi) is 2.58. The number of piperidine rings is 1. The number of carbonyl (C=O) groups is 2. The van der Waals surface area contributed by atoms with Gasteiger partial charge in [-0.1, -0.05) is 6.92 Å². The molecule has 1 saturated heterocycles. The van der Waals surface area contributed by atoms with Crippen LogP contribution in [0.2, 0.25) is 0 Å². The Hall–Kier alpha value is -1.84. The van der Waals surface area contributed by atoms with Crippen molar-refractivity contribution in [2.45, 2.75) is 26.2 Å². The van der Waals surface area contributed by atoms with Gasteiger partial charge < -0.3 is 5.32 Å². The number of nitrogens with zero attached hydrogens (tertiary/aromatic N) is 1. The number of hydrogen-bond acceptors (Lipinski definition) is 3. The molecule has 4 heteroatoms. The molecule has 0 saturated carbocycles. The van der Waals surface area contributed by atoms with Crippen molar-refractivity contribution in [1.29, 1.82) is 0 Å². The van der Waals surface area contributed by atoms with Crippen LogP contribution in [0, 0.1) is 5.92 Å². The first kappa shape index (κ1) is 11.3. The molecule has 94 valence electrons. The summed E-state index contributed by atoms with van der Waals surface area (Å²) in [6, 6.07) is 5.76. The molecule has 1 fully saturated rings. The van der Waals surface area contributed by atoms with Crippen molar-refractivity contribution in [3.05, 3.63) is 23.8 Å². The lowest BCUT2D eigenvalue weighted by atomic mass is 9.97. The third-order valence-electron chi connectivity index (χ3n) is 3.60. The summed E-state index contributed by atoms with van der Waals surface area (Å²) in [6.45, 7) is 2.87. The maximum absolute atomic E-state index is 12.0. The van der Waals surface area contributed by atoms with Crippen LogP contribution >= 0.6 is 0 Å². The zero-order valence-corrected chi connectivity index (χ0v) is 10.4. The van der Waals surface area contributed by atoms with Crippen molar-refractivity contribution >= 4 is 23.2 Å².